The number of amides is 1. The van der Waals surface area contributed by atoms with Crippen LogP contribution in [0.1, 0.15) is 38.5 Å². The molecule has 1 unspecified atom stereocenters. The number of piperidine rings is 1. The summed E-state index contributed by atoms with van der Waals surface area (Å²) in [5.41, 5.74) is 0. The van der Waals surface area contributed by atoms with Gasteiger partial charge in [0, 0.05) is 12.6 Å². The van der Waals surface area contributed by atoms with Gasteiger partial charge in [-0.05, 0) is 45.6 Å². The molecule has 2 aliphatic rings. The molecule has 0 bridgehead atoms. The Morgan fingerprint density at radius 2 is 1.94 bits per heavy atom. The number of aliphatic hydroxyl groups excluding tert-OH is 1. The Morgan fingerprint density at radius 3 is 2.56 bits per heavy atom. The van der Waals surface area contributed by atoms with E-state index >= 15 is 0 Å². The first-order chi connectivity index (χ1) is 7.72. The Bertz CT molecular complexity index is 249. The van der Waals surface area contributed by atoms with Crippen LogP contribution >= 0.6 is 0 Å². The van der Waals surface area contributed by atoms with Crippen LogP contribution in [-0.4, -0.2) is 47.7 Å². The van der Waals surface area contributed by atoms with Gasteiger partial charge in [0.15, 0.2) is 0 Å². The van der Waals surface area contributed by atoms with Crippen LogP contribution in [0.2, 0.25) is 0 Å². The molecule has 4 nitrogen and oxygen atoms in total. The smallest absolute Gasteiger partial charge is 0.239 e. The quantitative estimate of drug-likeness (QED) is 0.721. The van der Waals surface area contributed by atoms with Gasteiger partial charge >= 0.3 is 0 Å². The lowest BCUT2D eigenvalue weighted by Crippen LogP contribution is -2.54. The fraction of sp³-hybridized carbons (Fsp3) is 0.917. The van der Waals surface area contributed by atoms with Crippen LogP contribution in [0.5, 0.6) is 0 Å². The molecule has 16 heavy (non-hydrogen) atoms. The summed E-state index contributed by atoms with van der Waals surface area (Å²) in [5, 5.41) is 12.6. The Labute approximate surface area is 97.0 Å². The Morgan fingerprint density at radius 1 is 1.25 bits per heavy atom. The minimum absolute atomic E-state index is 0.0144. The van der Waals surface area contributed by atoms with E-state index in [1.165, 1.54) is 0 Å². The SMILES string of the molecule is CNC1CCCN(C2CCC(O)CC2)C1=O. The molecule has 1 aliphatic carbocycles. The van der Waals surface area contributed by atoms with Gasteiger partial charge in [0.1, 0.15) is 0 Å². The topological polar surface area (TPSA) is 52.6 Å². The van der Waals surface area contributed by atoms with E-state index in [1.807, 2.05) is 11.9 Å². The van der Waals surface area contributed by atoms with E-state index in [4.69, 9.17) is 0 Å². The summed E-state index contributed by atoms with van der Waals surface area (Å²) in [4.78, 5) is 14.2. The number of nitrogens with one attached hydrogen (secondary N) is 1. The number of rotatable bonds is 2. The van der Waals surface area contributed by atoms with Gasteiger partial charge in [-0.15, -0.1) is 0 Å². The zero-order chi connectivity index (χ0) is 11.5. The van der Waals surface area contributed by atoms with E-state index in [-0.39, 0.29) is 18.1 Å². The molecule has 1 atom stereocenters. The van der Waals surface area contributed by atoms with Crippen molar-refractivity contribution in [2.75, 3.05) is 13.6 Å². The van der Waals surface area contributed by atoms with E-state index < -0.39 is 0 Å². The summed E-state index contributed by atoms with van der Waals surface area (Å²) in [7, 11) is 1.86. The summed E-state index contributed by atoms with van der Waals surface area (Å²) in [6, 6.07) is 0.382. The number of aliphatic hydroxyl groups is 1. The van der Waals surface area contributed by atoms with Crippen LogP contribution in [0.15, 0.2) is 0 Å². The summed E-state index contributed by atoms with van der Waals surface area (Å²) >= 11 is 0. The molecule has 2 fully saturated rings. The van der Waals surface area contributed by atoms with Gasteiger partial charge in [-0.25, -0.2) is 0 Å². The number of hydrogen-bond acceptors (Lipinski definition) is 3. The molecule has 0 spiro atoms. The van der Waals surface area contributed by atoms with E-state index in [1.54, 1.807) is 0 Å². The first-order valence-corrected chi connectivity index (χ1v) is 6.38. The second kappa shape index (κ2) is 5.15. The van der Waals surface area contributed by atoms with Gasteiger partial charge < -0.3 is 15.3 Å². The summed E-state index contributed by atoms with van der Waals surface area (Å²) < 4.78 is 0. The number of carbonyl (C=O) groups is 1. The van der Waals surface area contributed by atoms with Crippen LogP contribution in [0, 0.1) is 0 Å². The van der Waals surface area contributed by atoms with Gasteiger partial charge in [-0.1, -0.05) is 0 Å². The van der Waals surface area contributed by atoms with E-state index in [2.05, 4.69) is 5.32 Å². The van der Waals surface area contributed by atoms with Gasteiger partial charge in [0.2, 0.25) is 5.91 Å². The number of likely N-dealkylation sites (tertiary alicyclic amines) is 1. The number of likely N-dealkylation sites (N-methyl/N-ethyl adjacent to an activating group) is 1. The fourth-order valence-electron chi connectivity index (χ4n) is 2.90. The van der Waals surface area contributed by atoms with Crippen molar-refractivity contribution in [2.45, 2.75) is 56.7 Å². The summed E-state index contributed by atoms with van der Waals surface area (Å²) in [5.74, 6) is 0.259. The lowest BCUT2D eigenvalue weighted by atomic mass is 9.90. The third-order valence-electron chi connectivity index (χ3n) is 3.93. The van der Waals surface area contributed by atoms with Crippen molar-refractivity contribution in [1.29, 1.82) is 0 Å². The molecule has 2 rings (SSSR count). The largest absolute Gasteiger partial charge is 0.393 e. The van der Waals surface area contributed by atoms with E-state index in [0.717, 1.165) is 45.1 Å². The zero-order valence-corrected chi connectivity index (χ0v) is 9.98. The Kier molecular flexibility index (Phi) is 3.82. The molecule has 0 aromatic carbocycles. The van der Waals surface area contributed by atoms with Crippen LogP contribution in [-0.2, 0) is 4.79 Å². The number of nitrogens with zero attached hydrogens (tertiary/aromatic N) is 1. The molecule has 0 aromatic heterocycles. The van der Waals surface area contributed by atoms with Crippen molar-refractivity contribution in [1.82, 2.24) is 10.2 Å². The lowest BCUT2D eigenvalue weighted by molar-refractivity contribution is -0.139. The highest BCUT2D eigenvalue weighted by Crippen LogP contribution is 2.26. The van der Waals surface area contributed by atoms with Crippen molar-refractivity contribution in [3.05, 3.63) is 0 Å². The second-order valence-corrected chi connectivity index (χ2v) is 4.98. The van der Waals surface area contributed by atoms with Gasteiger partial charge in [0.25, 0.3) is 0 Å². The van der Waals surface area contributed by atoms with Gasteiger partial charge in [-0.3, -0.25) is 4.79 Å². The van der Waals surface area contributed by atoms with E-state index in [0.29, 0.717) is 6.04 Å². The van der Waals surface area contributed by atoms with Crippen LogP contribution < -0.4 is 5.32 Å². The molecule has 1 saturated heterocycles. The van der Waals surface area contributed by atoms with Crippen molar-refractivity contribution >= 4 is 5.91 Å². The van der Waals surface area contributed by atoms with Crippen LogP contribution in [0.4, 0.5) is 0 Å². The third kappa shape index (κ3) is 2.38. The summed E-state index contributed by atoms with van der Waals surface area (Å²) in [6.07, 6.45) is 5.53. The molecule has 2 N–H and O–H groups in total. The first-order valence-electron chi connectivity index (χ1n) is 6.38. The Hall–Kier alpha value is -0.610. The Balaban J connectivity index is 1.95. The highest BCUT2D eigenvalue weighted by atomic mass is 16.3. The first kappa shape index (κ1) is 11.9. The number of hydrogen-bond donors (Lipinski definition) is 2. The second-order valence-electron chi connectivity index (χ2n) is 4.98. The molecule has 4 heteroatoms. The monoisotopic (exact) mass is 226 g/mol. The average Bonchev–Trinajstić information content (AvgIpc) is 2.31. The van der Waals surface area contributed by atoms with Crippen molar-refractivity contribution in [3.63, 3.8) is 0 Å². The minimum atomic E-state index is -0.142. The van der Waals surface area contributed by atoms with Gasteiger partial charge in [0.05, 0.1) is 12.1 Å². The predicted molar refractivity (Wildman–Crippen MR) is 62.1 cm³/mol. The molecule has 0 radical (unpaired) electrons. The third-order valence-corrected chi connectivity index (χ3v) is 3.93. The van der Waals surface area contributed by atoms with Crippen LogP contribution in [0.25, 0.3) is 0 Å². The van der Waals surface area contributed by atoms with Crippen molar-refractivity contribution in [3.8, 4) is 0 Å². The normalized spacial score (nSPS) is 36.5. The molecule has 1 saturated carbocycles. The molecular formula is C12H22N2O2. The number of carbonyl (C=O) groups excluding carboxylic acids is 1. The summed E-state index contributed by atoms with van der Waals surface area (Å²) in [6.45, 7) is 0.901. The van der Waals surface area contributed by atoms with Crippen molar-refractivity contribution < 1.29 is 9.90 Å². The van der Waals surface area contributed by atoms with E-state index in [9.17, 15) is 9.90 Å². The maximum absolute atomic E-state index is 12.1. The molecule has 1 heterocycles. The maximum Gasteiger partial charge on any atom is 0.239 e. The molecular weight excluding hydrogens is 204 g/mol. The average molecular weight is 226 g/mol. The zero-order valence-electron chi connectivity index (χ0n) is 9.98. The molecule has 0 aromatic rings. The van der Waals surface area contributed by atoms with Crippen molar-refractivity contribution in [2.24, 2.45) is 0 Å². The van der Waals surface area contributed by atoms with Crippen LogP contribution in [0.3, 0.4) is 0 Å². The fourth-order valence-corrected chi connectivity index (χ4v) is 2.90. The van der Waals surface area contributed by atoms with Gasteiger partial charge in [-0.2, -0.15) is 0 Å². The standard InChI is InChI=1S/C12H22N2O2/c1-13-11-3-2-8-14(12(11)16)9-4-6-10(15)7-5-9/h9-11,13,15H,2-8H2,1H3. The predicted octanol–water partition coefficient (Wildman–Crippen LogP) is 0.500. The highest BCUT2D eigenvalue weighted by Gasteiger charge is 2.33. The lowest BCUT2D eigenvalue weighted by Gasteiger charge is -2.40. The molecule has 1 amide bonds. The molecule has 92 valence electrons. The maximum atomic E-state index is 12.1. The highest BCUT2D eigenvalue weighted by molar-refractivity contribution is 5.82. The molecule has 1 aliphatic heterocycles. The minimum Gasteiger partial charge on any atom is -0.393 e.